The molecule has 0 atom stereocenters. The maximum absolute atomic E-state index is 12.5. The number of aliphatic carboxylic acids is 1. The minimum Gasteiger partial charge on any atom is -0.481 e. The Balaban J connectivity index is 2.88. The van der Waals surface area contributed by atoms with Crippen LogP contribution in [0.5, 0.6) is 0 Å². The number of carboxylic acids is 1. The van der Waals surface area contributed by atoms with E-state index in [1.165, 1.54) is 24.3 Å². The third kappa shape index (κ3) is 4.07. The molecule has 0 aliphatic heterocycles. The fourth-order valence-electron chi connectivity index (χ4n) is 1.31. The van der Waals surface area contributed by atoms with Crippen LogP contribution in [0.1, 0.15) is 24.0 Å². The first-order chi connectivity index (χ1) is 8.32. The topological polar surface area (TPSA) is 37.3 Å². The van der Waals surface area contributed by atoms with Gasteiger partial charge in [0.1, 0.15) is 0 Å². The second-order valence-corrected chi connectivity index (χ2v) is 3.92. The van der Waals surface area contributed by atoms with Gasteiger partial charge in [-0.05, 0) is 18.1 Å². The summed E-state index contributed by atoms with van der Waals surface area (Å²) in [5, 5.41) is 8.03. The Hall–Kier alpha value is -1.49. The number of benzene rings is 1. The zero-order valence-corrected chi connectivity index (χ0v) is 9.92. The Kier molecular flexibility index (Phi) is 4.78. The number of rotatable bonds is 4. The Morgan fingerprint density at radius 1 is 1.39 bits per heavy atom. The summed E-state index contributed by atoms with van der Waals surface area (Å²) in [6.45, 7) is 0. The quantitative estimate of drug-likeness (QED) is 0.894. The van der Waals surface area contributed by atoms with E-state index in [9.17, 15) is 18.0 Å². The van der Waals surface area contributed by atoms with Crippen LogP contribution >= 0.6 is 11.6 Å². The minimum absolute atomic E-state index is 0.0763. The number of hydrogen-bond acceptors (Lipinski definition) is 1. The molecule has 0 bridgehead atoms. The molecule has 1 N–H and O–H groups in total. The first-order valence-corrected chi connectivity index (χ1v) is 5.44. The molecule has 98 valence electrons. The Bertz CT molecular complexity index is 467. The number of allylic oxidation sites excluding steroid dienone is 1. The van der Waals surface area contributed by atoms with Gasteiger partial charge in [-0.3, -0.25) is 4.79 Å². The highest BCUT2D eigenvalue weighted by molar-refractivity contribution is 6.32. The van der Waals surface area contributed by atoms with E-state index in [0.717, 1.165) is 6.07 Å². The second kappa shape index (κ2) is 5.91. The normalized spacial score (nSPS) is 12.0. The molecule has 6 heteroatoms. The molecule has 0 aromatic heterocycles. The van der Waals surface area contributed by atoms with Crippen LogP contribution in [0.15, 0.2) is 24.3 Å². The largest absolute Gasteiger partial charge is 0.481 e. The third-order valence-corrected chi connectivity index (χ3v) is 2.58. The molecule has 0 fully saturated rings. The van der Waals surface area contributed by atoms with E-state index in [-0.39, 0.29) is 23.4 Å². The monoisotopic (exact) mass is 278 g/mol. The molecule has 0 spiro atoms. The summed E-state index contributed by atoms with van der Waals surface area (Å²) in [6, 6.07) is 3.59. The lowest BCUT2D eigenvalue weighted by Crippen LogP contribution is -2.06. The molecule has 18 heavy (non-hydrogen) atoms. The molecule has 0 amide bonds. The smallest absolute Gasteiger partial charge is 0.417 e. The Morgan fingerprint density at radius 3 is 2.61 bits per heavy atom. The van der Waals surface area contributed by atoms with E-state index in [0.29, 0.717) is 0 Å². The molecular formula is C12H10ClF3O2. The van der Waals surface area contributed by atoms with Crippen LogP contribution in [0.25, 0.3) is 6.08 Å². The van der Waals surface area contributed by atoms with Crippen molar-refractivity contribution < 1.29 is 23.1 Å². The molecule has 1 aromatic rings. The van der Waals surface area contributed by atoms with Crippen molar-refractivity contribution in [3.05, 3.63) is 40.4 Å². The number of carbonyl (C=O) groups is 1. The molecule has 0 aliphatic rings. The lowest BCUT2D eigenvalue weighted by atomic mass is 10.1. The zero-order valence-electron chi connectivity index (χ0n) is 9.17. The fourth-order valence-corrected chi connectivity index (χ4v) is 1.61. The van der Waals surface area contributed by atoms with Crippen LogP contribution in [-0.4, -0.2) is 11.1 Å². The Morgan fingerprint density at radius 2 is 2.06 bits per heavy atom. The predicted octanol–water partition coefficient (Wildman–Crippen LogP) is 4.24. The summed E-state index contributed by atoms with van der Waals surface area (Å²) >= 11 is 5.65. The van der Waals surface area contributed by atoms with Gasteiger partial charge in [0, 0.05) is 6.42 Å². The molecule has 0 saturated heterocycles. The summed E-state index contributed by atoms with van der Waals surface area (Å²) in [4.78, 5) is 10.3. The van der Waals surface area contributed by atoms with Gasteiger partial charge in [-0.25, -0.2) is 0 Å². The van der Waals surface area contributed by atoms with E-state index < -0.39 is 17.7 Å². The van der Waals surface area contributed by atoms with Gasteiger partial charge in [0.05, 0.1) is 10.6 Å². The van der Waals surface area contributed by atoms with Crippen molar-refractivity contribution in [2.45, 2.75) is 19.0 Å². The second-order valence-electron chi connectivity index (χ2n) is 3.54. The number of carboxylic acid groups (broad SMARTS) is 1. The molecule has 0 saturated carbocycles. The van der Waals surface area contributed by atoms with Gasteiger partial charge >= 0.3 is 12.1 Å². The lowest BCUT2D eigenvalue weighted by molar-refractivity contribution is -0.138. The molecule has 0 unspecified atom stereocenters. The van der Waals surface area contributed by atoms with Crippen LogP contribution in [-0.2, 0) is 11.0 Å². The summed E-state index contributed by atoms with van der Waals surface area (Å²) in [5.41, 5.74) is -0.679. The van der Waals surface area contributed by atoms with Gasteiger partial charge in [-0.1, -0.05) is 35.9 Å². The van der Waals surface area contributed by atoms with Crippen molar-refractivity contribution in [1.29, 1.82) is 0 Å². The van der Waals surface area contributed by atoms with Crippen molar-refractivity contribution in [2.24, 2.45) is 0 Å². The highest BCUT2D eigenvalue weighted by Gasteiger charge is 2.33. The first-order valence-electron chi connectivity index (χ1n) is 5.06. The summed E-state index contributed by atoms with van der Waals surface area (Å²) in [5.74, 6) is -0.963. The van der Waals surface area contributed by atoms with E-state index in [2.05, 4.69) is 0 Å². The molecule has 0 radical (unpaired) electrons. The molecule has 1 aromatic carbocycles. The predicted molar refractivity (Wildman–Crippen MR) is 62.4 cm³/mol. The van der Waals surface area contributed by atoms with Gasteiger partial charge in [-0.2, -0.15) is 13.2 Å². The van der Waals surface area contributed by atoms with Gasteiger partial charge in [-0.15, -0.1) is 0 Å². The van der Waals surface area contributed by atoms with Gasteiger partial charge in [0.25, 0.3) is 0 Å². The third-order valence-electron chi connectivity index (χ3n) is 2.16. The lowest BCUT2D eigenvalue weighted by Gasteiger charge is -2.10. The van der Waals surface area contributed by atoms with Gasteiger partial charge < -0.3 is 5.11 Å². The number of alkyl halides is 3. The van der Waals surface area contributed by atoms with E-state index in [1.54, 1.807) is 0 Å². The van der Waals surface area contributed by atoms with E-state index >= 15 is 0 Å². The molecule has 0 aliphatic carbocycles. The average Bonchev–Trinajstić information content (AvgIpc) is 2.24. The minimum atomic E-state index is -4.50. The number of halogens is 4. The van der Waals surface area contributed by atoms with Crippen molar-refractivity contribution in [2.75, 3.05) is 0 Å². The van der Waals surface area contributed by atoms with Crippen molar-refractivity contribution in [1.82, 2.24) is 0 Å². The zero-order chi connectivity index (χ0) is 13.8. The fraction of sp³-hybridized carbons (Fsp3) is 0.250. The van der Waals surface area contributed by atoms with Crippen molar-refractivity contribution >= 4 is 23.6 Å². The van der Waals surface area contributed by atoms with Crippen LogP contribution in [0, 0.1) is 0 Å². The highest BCUT2D eigenvalue weighted by atomic mass is 35.5. The maximum Gasteiger partial charge on any atom is 0.417 e. The van der Waals surface area contributed by atoms with Gasteiger partial charge in [0.15, 0.2) is 0 Å². The van der Waals surface area contributed by atoms with Crippen molar-refractivity contribution in [3.8, 4) is 0 Å². The van der Waals surface area contributed by atoms with Crippen LogP contribution < -0.4 is 0 Å². The van der Waals surface area contributed by atoms with Crippen LogP contribution in [0.3, 0.4) is 0 Å². The summed E-state index contributed by atoms with van der Waals surface area (Å²) < 4.78 is 37.6. The first kappa shape index (κ1) is 14.6. The average molecular weight is 279 g/mol. The molecule has 1 rings (SSSR count). The molecule has 2 nitrogen and oxygen atoms in total. The number of hydrogen-bond donors (Lipinski definition) is 1. The maximum atomic E-state index is 12.5. The summed E-state index contributed by atoms with van der Waals surface area (Å²) in [6.07, 6.45) is -1.47. The van der Waals surface area contributed by atoms with Crippen LogP contribution in [0.4, 0.5) is 13.2 Å². The van der Waals surface area contributed by atoms with E-state index in [1.807, 2.05) is 0 Å². The molecular weight excluding hydrogens is 269 g/mol. The Labute approximate surface area is 107 Å². The molecule has 0 heterocycles. The highest BCUT2D eigenvalue weighted by Crippen LogP contribution is 2.36. The standard InChI is InChI=1S/C12H10ClF3O2/c13-11-8(4-1-2-7-10(17)18)5-3-6-9(11)12(14,15)16/h1,3-6H,2,7H2,(H,17,18). The van der Waals surface area contributed by atoms with Gasteiger partial charge in [0.2, 0.25) is 0 Å². The SMILES string of the molecule is O=C(O)CCC=Cc1cccc(C(F)(F)F)c1Cl. The van der Waals surface area contributed by atoms with Crippen molar-refractivity contribution in [3.63, 3.8) is 0 Å². The van der Waals surface area contributed by atoms with E-state index in [4.69, 9.17) is 16.7 Å². The van der Waals surface area contributed by atoms with Crippen LogP contribution in [0.2, 0.25) is 5.02 Å². The summed E-state index contributed by atoms with van der Waals surface area (Å²) in [7, 11) is 0.